The van der Waals surface area contributed by atoms with Crippen molar-refractivity contribution in [2.24, 2.45) is 17.8 Å². The van der Waals surface area contributed by atoms with Gasteiger partial charge in [-0.1, -0.05) is 31.3 Å². The molecule has 3 aliphatic rings. The van der Waals surface area contributed by atoms with E-state index in [2.05, 4.69) is 33.9 Å². The van der Waals surface area contributed by atoms with Crippen LogP contribution in [0.1, 0.15) is 83.9 Å². The number of anilines is 1. The summed E-state index contributed by atoms with van der Waals surface area (Å²) in [6.07, 6.45) is 11.7. The summed E-state index contributed by atoms with van der Waals surface area (Å²) in [5, 5.41) is 7.55. The highest BCUT2D eigenvalue weighted by atomic mass is 16.5. The van der Waals surface area contributed by atoms with Crippen LogP contribution in [0.4, 0.5) is 5.82 Å². The largest absolute Gasteiger partial charge is 0.439 e. The molecule has 10 heteroatoms. The first-order valence-electron chi connectivity index (χ1n) is 13.6. The highest BCUT2D eigenvalue weighted by Crippen LogP contribution is 2.46. The second-order valence-electron chi connectivity index (χ2n) is 11.4. The lowest BCUT2D eigenvalue weighted by Gasteiger charge is -2.40. The van der Waals surface area contributed by atoms with Crippen LogP contribution in [0.2, 0.25) is 0 Å². The maximum absolute atomic E-state index is 11.7. The summed E-state index contributed by atoms with van der Waals surface area (Å²) in [6.45, 7) is 5.47. The van der Waals surface area contributed by atoms with E-state index in [-0.39, 0.29) is 17.5 Å². The van der Waals surface area contributed by atoms with E-state index < -0.39 is 5.76 Å². The second-order valence-corrected chi connectivity index (χ2v) is 11.4. The van der Waals surface area contributed by atoms with Crippen LogP contribution in [0.3, 0.4) is 0 Å². The quantitative estimate of drug-likeness (QED) is 0.464. The molecule has 10 nitrogen and oxygen atoms in total. The van der Waals surface area contributed by atoms with Crippen molar-refractivity contribution in [2.45, 2.75) is 96.2 Å². The van der Waals surface area contributed by atoms with E-state index in [4.69, 9.17) is 24.2 Å². The molecular weight excluding hydrogens is 458 g/mol. The topological polar surface area (TPSA) is 124 Å². The molecule has 0 saturated heterocycles. The van der Waals surface area contributed by atoms with Crippen molar-refractivity contribution in [3.8, 4) is 11.6 Å². The average Bonchev–Trinajstić information content (AvgIpc) is 3.38. The lowest BCUT2D eigenvalue weighted by Crippen LogP contribution is -2.39. The third kappa shape index (κ3) is 4.13. The normalized spacial score (nSPS) is 24.9. The molecule has 0 aromatic carbocycles. The molecule has 36 heavy (non-hydrogen) atoms. The Morgan fingerprint density at radius 3 is 2.50 bits per heavy atom. The third-order valence-corrected chi connectivity index (χ3v) is 9.01. The highest BCUT2D eigenvalue weighted by Gasteiger charge is 2.44. The van der Waals surface area contributed by atoms with Gasteiger partial charge in [0, 0.05) is 19.7 Å². The van der Waals surface area contributed by atoms with Crippen molar-refractivity contribution in [2.75, 3.05) is 12.4 Å². The number of H-pyrrole nitrogens is 1. The van der Waals surface area contributed by atoms with Crippen molar-refractivity contribution >= 4 is 17.0 Å². The van der Waals surface area contributed by atoms with E-state index in [9.17, 15) is 4.79 Å². The Bertz CT molecular complexity index is 1270. The molecule has 0 spiro atoms. The molecule has 194 valence electrons. The van der Waals surface area contributed by atoms with Gasteiger partial charge in [-0.05, 0) is 69.6 Å². The predicted molar refractivity (Wildman–Crippen MR) is 136 cm³/mol. The fourth-order valence-electron chi connectivity index (χ4n) is 6.15. The Labute approximate surface area is 210 Å². The number of nitrogens with one attached hydrogen (secondary N) is 2. The van der Waals surface area contributed by atoms with E-state index in [1.165, 1.54) is 44.9 Å². The standard InChI is InChI=1S/C26H37N7O3/c1-15-8-10-17(11-9-15)14-33-19-20(27-16(2)18-6-4-7-18)28-22(23-31-25(34)36-32-23)29-21(19)30-24(33)26(35-3)12-5-13-26/h15-18H,4-14H2,1-3H3,(H,27,28,29)(H,31,32,34). The van der Waals surface area contributed by atoms with E-state index >= 15 is 0 Å². The zero-order valence-electron chi connectivity index (χ0n) is 21.5. The van der Waals surface area contributed by atoms with E-state index in [1.54, 1.807) is 7.11 Å². The van der Waals surface area contributed by atoms with Crippen molar-refractivity contribution in [3.05, 3.63) is 16.4 Å². The van der Waals surface area contributed by atoms with Crippen molar-refractivity contribution in [1.82, 2.24) is 29.7 Å². The van der Waals surface area contributed by atoms with Gasteiger partial charge in [-0.2, -0.15) is 0 Å². The average molecular weight is 496 g/mol. The van der Waals surface area contributed by atoms with Crippen LogP contribution in [0.15, 0.2) is 9.32 Å². The van der Waals surface area contributed by atoms with Gasteiger partial charge in [0.25, 0.3) is 0 Å². The first-order valence-corrected chi connectivity index (χ1v) is 13.6. The van der Waals surface area contributed by atoms with Crippen LogP contribution in [-0.2, 0) is 16.9 Å². The second kappa shape index (κ2) is 9.28. The van der Waals surface area contributed by atoms with Crippen molar-refractivity contribution in [1.29, 1.82) is 0 Å². The molecule has 6 rings (SSSR count). The molecule has 3 saturated carbocycles. The van der Waals surface area contributed by atoms with Crippen LogP contribution in [0.5, 0.6) is 0 Å². The van der Waals surface area contributed by atoms with Gasteiger partial charge in [0.2, 0.25) is 11.6 Å². The van der Waals surface area contributed by atoms with Crippen LogP contribution in [0, 0.1) is 17.8 Å². The Morgan fingerprint density at radius 1 is 1.14 bits per heavy atom. The van der Waals surface area contributed by atoms with Crippen molar-refractivity contribution < 1.29 is 9.26 Å². The number of fused-ring (bicyclic) bond motifs is 1. The lowest BCUT2D eigenvalue weighted by atomic mass is 9.78. The molecule has 0 bridgehead atoms. The Morgan fingerprint density at radius 2 is 1.92 bits per heavy atom. The number of aromatic amines is 1. The van der Waals surface area contributed by atoms with E-state index in [0.29, 0.717) is 23.3 Å². The molecule has 0 radical (unpaired) electrons. The molecule has 3 heterocycles. The number of imidazole rings is 1. The van der Waals surface area contributed by atoms with E-state index in [0.717, 1.165) is 48.9 Å². The van der Waals surface area contributed by atoms with Crippen LogP contribution in [-0.4, -0.2) is 42.8 Å². The van der Waals surface area contributed by atoms with Gasteiger partial charge in [0.05, 0.1) is 0 Å². The zero-order chi connectivity index (χ0) is 24.9. The molecule has 3 aromatic rings. The number of rotatable bonds is 8. The molecule has 2 N–H and O–H groups in total. The van der Waals surface area contributed by atoms with Gasteiger partial charge in [0.1, 0.15) is 16.9 Å². The monoisotopic (exact) mass is 495 g/mol. The smallest absolute Gasteiger partial charge is 0.370 e. The summed E-state index contributed by atoms with van der Waals surface area (Å²) in [7, 11) is 1.79. The van der Waals surface area contributed by atoms with Gasteiger partial charge >= 0.3 is 5.76 Å². The zero-order valence-corrected chi connectivity index (χ0v) is 21.5. The van der Waals surface area contributed by atoms with Gasteiger partial charge in [-0.25, -0.2) is 19.7 Å². The number of ether oxygens (including phenoxy) is 1. The summed E-state index contributed by atoms with van der Waals surface area (Å²) in [5.41, 5.74) is 1.14. The Hall–Kier alpha value is -2.75. The lowest BCUT2D eigenvalue weighted by molar-refractivity contribution is -0.0870. The van der Waals surface area contributed by atoms with Gasteiger partial charge < -0.3 is 14.6 Å². The first kappa shape index (κ1) is 23.6. The fourth-order valence-corrected chi connectivity index (χ4v) is 6.15. The molecule has 3 fully saturated rings. The number of hydrogen-bond donors (Lipinski definition) is 2. The SMILES string of the molecule is COC1(c2nc3nc(-c4noc(=O)[nH]4)nc(NC(C)C4CCC4)c3n2CC2CCC(C)CC2)CCC1. The molecule has 0 aliphatic heterocycles. The number of methoxy groups -OCH3 is 1. The molecule has 1 atom stereocenters. The fraction of sp³-hybridized carbons (Fsp3) is 0.731. The number of hydrogen-bond acceptors (Lipinski definition) is 8. The minimum absolute atomic E-state index is 0.212. The Balaban J connectivity index is 1.49. The molecular formula is C26H37N7O3. The van der Waals surface area contributed by atoms with E-state index in [1.807, 2.05) is 0 Å². The summed E-state index contributed by atoms with van der Waals surface area (Å²) in [4.78, 5) is 29.0. The van der Waals surface area contributed by atoms with Crippen LogP contribution < -0.4 is 11.1 Å². The summed E-state index contributed by atoms with van der Waals surface area (Å²) < 4.78 is 13.2. The molecule has 1 unspecified atom stereocenters. The van der Waals surface area contributed by atoms with Gasteiger partial charge in [-0.15, -0.1) is 0 Å². The number of aromatic nitrogens is 6. The number of nitrogens with zero attached hydrogens (tertiary/aromatic N) is 5. The van der Waals surface area contributed by atoms with Gasteiger partial charge in [0.15, 0.2) is 11.5 Å². The predicted octanol–water partition coefficient (Wildman–Crippen LogP) is 4.62. The van der Waals surface area contributed by atoms with Crippen molar-refractivity contribution in [3.63, 3.8) is 0 Å². The minimum Gasteiger partial charge on any atom is -0.370 e. The summed E-state index contributed by atoms with van der Waals surface area (Å²) >= 11 is 0. The Kier molecular flexibility index (Phi) is 6.09. The minimum atomic E-state index is -0.628. The molecule has 3 aromatic heterocycles. The molecule has 0 amide bonds. The summed E-state index contributed by atoms with van der Waals surface area (Å²) in [5.74, 6) is 3.59. The maximum atomic E-state index is 11.7. The van der Waals surface area contributed by atoms with Crippen LogP contribution >= 0.6 is 0 Å². The first-order chi connectivity index (χ1) is 17.5. The third-order valence-electron chi connectivity index (χ3n) is 9.01. The van der Waals surface area contributed by atoms with Crippen LogP contribution in [0.25, 0.3) is 22.8 Å². The highest BCUT2D eigenvalue weighted by molar-refractivity contribution is 5.86. The van der Waals surface area contributed by atoms with Gasteiger partial charge in [-0.3, -0.25) is 9.51 Å². The summed E-state index contributed by atoms with van der Waals surface area (Å²) in [6, 6.07) is 0.267. The maximum Gasteiger partial charge on any atom is 0.439 e. The molecule has 3 aliphatic carbocycles.